The summed E-state index contributed by atoms with van der Waals surface area (Å²) in [5.74, 6) is 3.19. The number of benzene rings is 1. The third-order valence-corrected chi connectivity index (χ3v) is 11.2. The van der Waals surface area contributed by atoms with Gasteiger partial charge in [0.1, 0.15) is 5.82 Å². The molecule has 0 bridgehead atoms. The molecule has 210 valence electrons. The predicted octanol–water partition coefficient (Wildman–Crippen LogP) is 4.62. The Kier molecular flexibility index (Phi) is 5.48. The summed E-state index contributed by atoms with van der Waals surface area (Å²) < 4.78 is 62.4. The van der Waals surface area contributed by atoms with Gasteiger partial charge in [-0.25, -0.2) is 18.2 Å². The summed E-state index contributed by atoms with van der Waals surface area (Å²) in [6.07, 6.45) is 7.82. The molecule has 3 heterocycles. The van der Waals surface area contributed by atoms with Crippen molar-refractivity contribution in [1.29, 1.82) is 0 Å². The Labute approximate surface area is 225 Å². The van der Waals surface area contributed by atoms with E-state index in [4.69, 9.17) is 4.98 Å². The van der Waals surface area contributed by atoms with Crippen molar-refractivity contribution >= 4 is 15.9 Å². The Hall–Kier alpha value is -2.63. The maximum Gasteiger partial charge on any atom is 0.501 e. The first-order valence-electron chi connectivity index (χ1n) is 13.8. The SMILES string of the molecule is O=C(N1CC2(CC(c3n[nH]c(C4CC4)n3)C2)C1)N1CC2(CC[C@H](Cc3cccc(S(=O)(=O)C(F)(F)F)c3)C2)C1. The van der Waals surface area contributed by atoms with Crippen LogP contribution in [0.25, 0.3) is 0 Å². The highest BCUT2D eigenvalue weighted by molar-refractivity contribution is 7.92. The number of hydrogen-bond donors (Lipinski definition) is 1. The standard InChI is InChI=1S/C27H32F3N5O3S/c28-27(29,30)39(37,38)21-3-1-2-17(9-21)8-18-6-7-25(10-18)13-34(14-25)24(36)35-15-26(16-35)11-20(12-26)23-31-22(32-33-23)19-4-5-19/h1-3,9,18-20H,4-8,10-16H2,(H,31,32,33)/t18-/m1/s1. The van der Waals surface area contributed by atoms with Crippen LogP contribution in [-0.4, -0.2) is 71.1 Å². The molecule has 2 saturated heterocycles. The molecule has 1 aromatic carbocycles. The van der Waals surface area contributed by atoms with Crippen LogP contribution in [0.15, 0.2) is 29.2 Å². The van der Waals surface area contributed by atoms with E-state index in [2.05, 4.69) is 10.2 Å². The second-order valence-corrected chi connectivity index (χ2v) is 14.8. The van der Waals surface area contributed by atoms with E-state index < -0.39 is 20.2 Å². The lowest BCUT2D eigenvalue weighted by Gasteiger charge is -2.60. The summed E-state index contributed by atoms with van der Waals surface area (Å²) in [4.78, 5) is 20.9. The molecular weight excluding hydrogens is 531 g/mol. The van der Waals surface area contributed by atoms with Gasteiger partial charge in [0.15, 0.2) is 5.82 Å². The number of rotatable bonds is 5. The third-order valence-electron chi connectivity index (χ3n) is 9.70. The number of carbonyl (C=O) groups is 1. The molecule has 7 rings (SSSR count). The molecule has 3 saturated carbocycles. The average Bonchev–Trinajstić information content (AvgIpc) is 3.39. The van der Waals surface area contributed by atoms with E-state index in [0.29, 0.717) is 23.8 Å². The number of nitrogens with zero attached hydrogens (tertiary/aromatic N) is 4. The van der Waals surface area contributed by atoms with Gasteiger partial charge in [-0.3, -0.25) is 5.10 Å². The van der Waals surface area contributed by atoms with E-state index >= 15 is 0 Å². The number of alkyl halides is 3. The van der Waals surface area contributed by atoms with Crippen molar-refractivity contribution in [3.8, 4) is 0 Å². The fraction of sp³-hybridized carbons (Fsp3) is 0.667. The lowest BCUT2D eigenvalue weighted by Crippen LogP contribution is -2.69. The van der Waals surface area contributed by atoms with E-state index in [1.807, 2.05) is 9.80 Å². The summed E-state index contributed by atoms with van der Waals surface area (Å²) in [5.41, 5.74) is -4.41. The van der Waals surface area contributed by atoms with Crippen LogP contribution in [-0.2, 0) is 16.3 Å². The molecule has 39 heavy (non-hydrogen) atoms. The Morgan fingerprint density at radius 2 is 1.69 bits per heavy atom. The number of aromatic nitrogens is 3. The van der Waals surface area contributed by atoms with Crippen LogP contribution in [0.5, 0.6) is 0 Å². The minimum absolute atomic E-state index is 0.0744. The van der Waals surface area contributed by atoms with Crippen LogP contribution >= 0.6 is 0 Å². The number of urea groups is 1. The monoisotopic (exact) mass is 563 g/mol. The second kappa shape index (κ2) is 8.44. The van der Waals surface area contributed by atoms with Crippen LogP contribution in [0.3, 0.4) is 0 Å². The van der Waals surface area contributed by atoms with Crippen molar-refractivity contribution in [2.45, 2.75) is 73.6 Å². The van der Waals surface area contributed by atoms with Crippen molar-refractivity contribution < 1.29 is 26.4 Å². The predicted molar refractivity (Wildman–Crippen MR) is 134 cm³/mol. The molecule has 2 spiro atoms. The van der Waals surface area contributed by atoms with Gasteiger partial charge in [0.25, 0.3) is 9.84 Å². The molecule has 1 atom stereocenters. The minimum atomic E-state index is -5.35. The second-order valence-electron chi connectivity index (χ2n) is 12.9. The lowest BCUT2D eigenvalue weighted by atomic mass is 9.57. The number of hydrogen-bond acceptors (Lipinski definition) is 5. The molecule has 12 heteroatoms. The van der Waals surface area contributed by atoms with Gasteiger partial charge in [0.05, 0.1) is 4.90 Å². The van der Waals surface area contributed by atoms with E-state index in [-0.39, 0.29) is 22.8 Å². The summed E-state index contributed by atoms with van der Waals surface area (Å²) in [5, 5.41) is 7.52. The van der Waals surface area contributed by atoms with Crippen molar-refractivity contribution in [1.82, 2.24) is 25.0 Å². The number of aromatic amines is 1. The highest BCUT2D eigenvalue weighted by atomic mass is 32.2. The number of nitrogens with one attached hydrogen (secondary N) is 1. The molecule has 2 amide bonds. The first-order chi connectivity index (χ1) is 18.4. The van der Waals surface area contributed by atoms with Crippen molar-refractivity contribution in [3.63, 3.8) is 0 Å². The summed E-state index contributed by atoms with van der Waals surface area (Å²) >= 11 is 0. The van der Waals surface area contributed by atoms with Gasteiger partial charge in [-0.2, -0.15) is 18.3 Å². The van der Waals surface area contributed by atoms with Gasteiger partial charge >= 0.3 is 11.5 Å². The highest BCUT2D eigenvalue weighted by Gasteiger charge is 2.57. The molecule has 1 N–H and O–H groups in total. The maximum atomic E-state index is 13.1. The lowest BCUT2D eigenvalue weighted by molar-refractivity contribution is -0.0706. The van der Waals surface area contributed by atoms with Crippen LogP contribution in [0.2, 0.25) is 0 Å². The van der Waals surface area contributed by atoms with E-state index in [1.165, 1.54) is 18.9 Å². The summed E-state index contributed by atoms with van der Waals surface area (Å²) in [7, 11) is -5.35. The molecule has 1 aromatic heterocycles. The molecule has 2 aliphatic heterocycles. The van der Waals surface area contributed by atoms with Gasteiger partial charge in [0, 0.05) is 48.8 Å². The molecule has 5 aliphatic rings. The number of likely N-dealkylation sites (tertiary alicyclic amines) is 2. The Morgan fingerprint density at radius 3 is 2.36 bits per heavy atom. The van der Waals surface area contributed by atoms with E-state index in [9.17, 15) is 26.4 Å². The minimum Gasteiger partial charge on any atom is -0.323 e. The molecule has 0 radical (unpaired) electrons. The topological polar surface area (TPSA) is 99.3 Å². The number of sulfone groups is 1. The Balaban J connectivity index is 0.880. The highest BCUT2D eigenvalue weighted by Crippen LogP contribution is 2.56. The molecular formula is C27H32F3N5O3S. The molecule has 5 fully saturated rings. The average molecular weight is 564 g/mol. The maximum absolute atomic E-state index is 13.1. The molecule has 8 nitrogen and oxygen atoms in total. The molecule has 2 aromatic rings. The van der Waals surface area contributed by atoms with Gasteiger partial charge in [0.2, 0.25) is 0 Å². The number of halogens is 3. The number of H-pyrrole nitrogens is 1. The quantitative estimate of drug-likeness (QED) is 0.573. The largest absolute Gasteiger partial charge is 0.501 e. The van der Waals surface area contributed by atoms with Crippen LogP contribution < -0.4 is 0 Å². The first-order valence-corrected chi connectivity index (χ1v) is 15.3. The van der Waals surface area contributed by atoms with Gasteiger partial charge < -0.3 is 9.80 Å². The van der Waals surface area contributed by atoms with Crippen LogP contribution in [0.1, 0.15) is 74.0 Å². The fourth-order valence-corrected chi connectivity index (χ4v) is 8.36. The van der Waals surface area contributed by atoms with Gasteiger partial charge in [-0.05, 0) is 75.0 Å². The fourth-order valence-electron chi connectivity index (χ4n) is 7.53. The normalized spacial score (nSPS) is 26.0. The molecule has 3 aliphatic carbocycles. The zero-order chi connectivity index (χ0) is 27.2. The van der Waals surface area contributed by atoms with Crippen LogP contribution in [0, 0.1) is 16.7 Å². The van der Waals surface area contributed by atoms with Crippen LogP contribution in [0.4, 0.5) is 18.0 Å². The third kappa shape index (κ3) is 4.33. The van der Waals surface area contributed by atoms with Gasteiger partial charge in [-0.15, -0.1) is 0 Å². The first kappa shape index (κ1) is 25.3. The summed E-state index contributed by atoms with van der Waals surface area (Å²) in [6, 6.07) is 5.33. The zero-order valence-corrected chi connectivity index (χ0v) is 22.4. The van der Waals surface area contributed by atoms with Crippen molar-refractivity contribution in [2.24, 2.45) is 16.7 Å². The zero-order valence-electron chi connectivity index (χ0n) is 21.6. The number of carbonyl (C=O) groups excluding carboxylic acids is 1. The molecule has 0 unspecified atom stereocenters. The van der Waals surface area contributed by atoms with E-state index in [1.54, 1.807) is 6.07 Å². The Morgan fingerprint density at radius 1 is 1.00 bits per heavy atom. The van der Waals surface area contributed by atoms with Crippen molar-refractivity contribution in [3.05, 3.63) is 41.5 Å². The Bertz CT molecular complexity index is 1400. The van der Waals surface area contributed by atoms with Crippen molar-refractivity contribution in [2.75, 3.05) is 26.2 Å². The smallest absolute Gasteiger partial charge is 0.323 e. The summed E-state index contributed by atoms with van der Waals surface area (Å²) in [6.45, 7) is 3.03. The van der Waals surface area contributed by atoms with E-state index in [0.717, 1.165) is 82.1 Å². The number of amides is 2. The van der Waals surface area contributed by atoms with Gasteiger partial charge in [-0.1, -0.05) is 12.1 Å².